The Bertz CT molecular complexity index is 358. The number of carboxylic acids is 1. The highest BCUT2D eigenvalue weighted by Gasteiger charge is 2.21. The van der Waals surface area contributed by atoms with Crippen molar-refractivity contribution in [1.82, 2.24) is 0 Å². The van der Waals surface area contributed by atoms with Crippen LogP contribution in [-0.4, -0.2) is 17.1 Å². The lowest BCUT2D eigenvalue weighted by Crippen LogP contribution is -2.05. The number of carbonyl (C=O) groups is 1. The highest BCUT2D eigenvalue weighted by atomic mass is 16.4. The number of anilines is 1. The highest BCUT2D eigenvalue weighted by Crippen LogP contribution is 2.27. The molecule has 1 aromatic carbocycles. The lowest BCUT2D eigenvalue weighted by molar-refractivity contribution is -0.136. The summed E-state index contributed by atoms with van der Waals surface area (Å²) in [5, 5.41) is 12.1. The molecule has 1 aliphatic rings. The average Bonchev–Trinajstić information content (AvgIpc) is 3.00. The molecule has 1 fully saturated rings. The van der Waals surface area contributed by atoms with Crippen molar-refractivity contribution in [3.8, 4) is 0 Å². The van der Waals surface area contributed by atoms with E-state index in [0.29, 0.717) is 12.5 Å². The Labute approximate surface area is 89.1 Å². The minimum absolute atomic E-state index is 0.198. The van der Waals surface area contributed by atoms with Gasteiger partial charge in [0.1, 0.15) is 0 Å². The maximum Gasteiger partial charge on any atom is 0.303 e. The van der Waals surface area contributed by atoms with E-state index in [4.69, 9.17) is 5.11 Å². The summed E-state index contributed by atoms with van der Waals surface area (Å²) in [6.45, 7) is 0. The SMILES string of the molecule is O=C(O)CCc1ccccc1NC1CC1. The maximum absolute atomic E-state index is 10.5. The van der Waals surface area contributed by atoms with Crippen LogP contribution in [0.3, 0.4) is 0 Å². The minimum Gasteiger partial charge on any atom is -0.481 e. The summed E-state index contributed by atoms with van der Waals surface area (Å²) in [7, 11) is 0. The van der Waals surface area contributed by atoms with Crippen LogP contribution in [0, 0.1) is 0 Å². The number of nitrogens with one attached hydrogen (secondary N) is 1. The van der Waals surface area contributed by atoms with E-state index >= 15 is 0 Å². The van der Waals surface area contributed by atoms with E-state index in [9.17, 15) is 4.79 Å². The van der Waals surface area contributed by atoms with Crippen molar-refractivity contribution in [2.24, 2.45) is 0 Å². The minimum atomic E-state index is -0.740. The molecule has 0 saturated heterocycles. The van der Waals surface area contributed by atoms with E-state index in [1.165, 1.54) is 12.8 Å². The zero-order valence-electron chi connectivity index (χ0n) is 8.57. The molecule has 3 nitrogen and oxygen atoms in total. The fourth-order valence-electron chi connectivity index (χ4n) is 1.57. The van der Waals surface area contributed by atoms with Crippen molar-refractivity contribution >= 4 is 11.7 Å². The van der Waals surface area contributed by atoms with Gasteiger partial charge >= 0.3 is 5.97 Å². The molecule has 0 bridgehead atoms. The van der Waals surface area contributed by atoms with Crippen molar-refractivity contribution in [2.75, 3.05) is 5.32 Å². The van der Waals surface area contributed by atoms with Crippen molar-refractivity contribution < 1.29 is 9.90 Å². The molecule has 80 valence electrons. The molecular weight excluding hydrogens is 190 g/mol. The average molecular weight is 205 g/mol. The summed E-state index contributed by atoms with van der Waals surface area (Å²) >= 11 is 0. The Balaban J connectivity index is 2.02. The van der Waals surface area contributed by atoms with Gasteiger partial charge in [-0.05, 0) is 30.9 Å². The van der Waals surface area contributed by atoms with Crippen molar-refractivity contribution in [3.05, 3.63) is 29.8 Å². The predicted molar refractivity (Wildman–Crippen MR) is 59.0 cm³/mol. The second kappa shape index (κ2) is 4.34. The van der Waals surface area contributed by atoms with Gasteiger partial charge in [0, 0.05) is 18.2 Å². The van der Waals surface area contributed by atoms with Crippen LogP contribution in [0.5, 0.6) is 0 Å². The van der Waals surface area contributed by atoms with Gasteiger partial charge in [-0.3, -0.25) is 4.79 Å². The van der Waals surface area contributed by atoms with Gasteiger partial charge in [-0.1, -0.05) is 18.2 Å². The van der Waals surface area contributed by atoms with Crippen LogP contribution in [0.4, 0.5) is 5.69 Å². The number of aliphatic carboxylic acids is 1. The van der Waals surface area contributed by atoms with Gasteiger partial charge in [0.05, 0.1) is 0 Å². The Morgan fingerprint density at radius 1 is 1.40 bits per heavy atom. The molecule has 1 aliphatic carbocycles. The second-order valence-corrected chi connectivity index (χ2v) is 3.97. The lowest BCUT2D eigenvalue weighted by Gasteiger charge is -2.10. The molecule has 2 rings (SSSR count). The molecule has 1 aromatic rings. The van der Waals surface area contributed by atoms with Crippen LogP contribution in [-0.2, 0) is 11.2 Å². The number of hydrogen-bond acceptors (Lipinski definition) is 2. The predicted octanol–water partition coefficient (Wildman–Crippen LogP) is 2.28. The molecule has 0 amide bonds. The van der Waals surface area contributed by atoms with Gasteiger partial charge < -0.3 is 10.4 Å². The van der Waals surface area contributed by atoms with Gasteiger partial charge in [-0.2, -0.15) is 0 Å². The first kappa shape index (κ1) is 10.0. The summed E-state index contributed by atoms with van der Waals surface area (Å²) in [6, 6.07) is 8.56. The van der Waals surface area contributed by atoms with Crippen LogP contribution in [0.2, 0.25) is 0 Å². The van der Waals surface area contributed by atoms with Gasteiger partial charge in [0.15, 0.2) is 0 Å². The topological polar surface area (TPSA) is 49.3 Å². The first-order valence-corrected chi connectivity index (χ1v) is 5.32. The Hall–Kier alpha value is -1.51. The first-order valence-electron chi connectivity index (χ1n) is 5.32. The summed E-state index contributed by atoms with van der Waals surface area (Å²) in [6.07, 6.45) is 3.26. The fraction of sp³-hybridized carbons (Fsp3) is 0.417. The standard InChI is InChI=1S/C12H15NO2/c14-12(15)8-5-9-3-1-2-4-11(9)13-10-6-7-10/h1-4,10,13H,5-8H2,(H,14,15). The summed E-state index contributed by atoms with van der Waals surface area (Å²) in [5.41, 5.74) is 2.20. The molecule has 0 radical (unpaired) electrons. The van der Waals surface area contributed by atoms with E-state index in [1.807, 2.05) is 24.3 Å². The highest BCUT2D eigenvalue weighted by molar-refractivity contribution is 5.67. The van der Waals surface area contributed by atoms with Gasteiger partial charge in [0.2, 0.25) is 0 Å². The van der Waals surface area contributed by atoms with E-state index in [1.54, 1.807) is 0 Å². The molecule has 15 heavy (non-hydrogen) atoms. The summed E-state index contributed by atoms with van der Waals surface area (Å²) in [4.78, 5) is 10.5. The molecule has 0 aromatic heterocycles. The van der Waals surface area contributed by atoms with Crippen LogP contribution >= 0.6 is 0 Å². The molecule has 2 N–H and O–H groups in total. The third-order valence-electron chi connectivity index (χ3n) is 2.56. The summed E-state index contributed by atoms with van der Waals surface area (Å²) < 4.78 is 0. The lowest BCUT2D eigenvalue weighted by atomic mass is 10.1. The van der Waals surface area contributed by atoms with E-state index in [0.717, 1.165) is 11.3 Å². The quantitative estimate of drug-likeness (QED) is 0.775. The number of carboxylic acid groups (broad SMARTS) is 1. The summed E-state index contributed by atoms with van der Waals surface area (Å²) in [5.74, 6) is -0.740. The molecule has 1 saturated carbocycles. The number of rotatable bonds is 5. The molecule has 3 heteroatoms. The van der Waals surface area contributed by atoms with E-state index in [-0.39, 0.29) is 6.42 Å². The Morgan fingerprint density at radius 2 is 2.13 bits per heavy atom. The second-order valence-electron chi connectivity index (χ2n) is 3.97. The Kier molecular flexibility index (Phi) is 2.90. The third-order valence-corrected chi connectivity index (χ3v) is 2.56. The molecule has 0 heterocycles. The largest absolute Gasteiger partial charge is 0.481 e. The zero-order chi connectivity index (χ0) is 10.7. The molecule has 0 unspecified atom stereocenters. The first-order chi connectivity index (χ1) is 7.25. The van der Waals surface area contributed by atoms with E-state index in [2.05, 4.69) is 5.32 Å². The van der Waals surface area contributed by atoms with E-state index < -0.39 is 5.97 Å². The molecular formula is C12H15NO2. The van der Waals surface area contributed by atoms with Crippen molar-refractivity contribution in [2.45, 2.75) is 31.7 Å². The third kappa shape index (κ3) is 2.98. The molecule has 0 atom stereocenters. The normalized spacial score (nSPS) is 14.9. The van der Waals surface area contributed by atoms with Crippen LogP contribution in [0.25, 0.3) is 0 Å². The van der Waals surface area contributed by atoms with Crippen LogP contribution in [0.15, 0.2) is 24.3 Å². The van der Waals surface area contributed by atoms with Gasteiger partial charge in [-0.25, -0.2) is 0 Å². The smallest absolute Gasteiger partial charge is 0.303 e. The van der Waals surface area contributed by atoms with Crippen molar-refractivity contribution in [1.29, 1.82) is 0 Å². The number of benzene rings is 1. The molecule has 0 spiro atoms. The monoisotopic (exact) mass is 205 g/mol. The number of aryl methyl sites for hydroxylation is 1. The van der Waals surface area contributed by atoms with Gasteiger partial charge in [0.25, 0.3) is 0 Å². The number of hydrogen-bond donors (Lipinski definition) is 2. The van der Waals surface area contributed by atoms with Crippen molar-refractivity contribution in [3.63, 3.8) is 0 Å². The fourth-order valence-corrected chi connectivity index (χ4v) is 1.57. The van der Waals surface area contributed by atoms with Gasteiger partial charge in [-0.15, -0.1) is 0 Å². The van der Waals surface area contributed by atoms with Crippen LogP contribution in [0.1, 0.15) is 24.8 Å². The molecule has 0 aliphatic heterocycles. The zero-order valence-corrected chi connectivity index (χ0v) is 8.57. The van der Waals surface area contributed by atoms with Crippen LogP contribution < -0.4 is 5.32 Å². The Morgan fingerprint density at radius 3 is 2.80 bits per heavy atom. The maximum atomic E-state index is 10.5. The number of para-hydroxylation sites is 1.